The predicted octanol–water partition coefficient (Wildman–Crippen LogP) is 1.82. The molecule has 0 saturated heterocycles. The molecular weight excluding hydrogens is 331 g/mol. The van der Waals surface area contributed by atoms with Gasteiger partial charge in [0.25, 0.3) is 11.5 Å². The molecule has 0 aliphatic heterocycles. The van der Waals surface area contributed by atoms with Crippen LogP contribution in [0.25, 0.3) is 0 Å². The maximum atomic E-state index is 11.9. The monoisotopic (exact) mass is 346 g/mol. The lowest BCUT2D eigenvalue weighted by Crippen LogP contribution is -2.37. The molecule has 1 aliphatic rings. The normalized spacial score (nSPS) is 16.6. The topological polar surface area (TPSA) is 62.0 Å². The molecule has 0 aromatic carbocycles. The summed E-state index contributed by atoms with van der Waals surface area (Å²) in [6.45, 7) is 3.81. The van der Waals surface area contributed by atoms with E-state index in [1.54, 1.807) is 6.07 Å². The molecule has 2 rings (SSSR count). The van der Waals surface area contributed by atoms with Crippen LogP contribution < -0.4 is 10.9 Å². The lowest BCUT2D eigenvalue weighted by atomic mass is 10.2. The van der Waals surface area contributed by atoms with Gasteiger partial charge in [-0.05, 0) is 61.3 Å². The molecule has 0 unspecified atom stereocenters. The maximum absolute atomic E-state index is 11.9. The van der Waals surface area contributed by atoms with Crippen molar-refractivity contribution in [2.75, 3.05) is 0 Å². The van der Waals surface area contributed by atoms with E-state index in [9.17, 15) is 9.59 Å². The van der Waals surface area contributed by atoms with Gasteiger partial charge >= 0.3 is 0 Å². The van der Waals surface area contributed by atoms with Gasteiger partial charge in [-0.1, -0.05) is 0 Å². The van der Waals surface area contributed by atoms with E-state index in [-0.39, 0.29) is 23.1 Å². The van der Waals surface area contributed by atoms with Gasteiger partial charge in [-0.15, -0.1) is 0 Å². The highest BCUT2D eigenvalue weighted by atomic mass is 127. The summed E-state index contributed by atoms with van der Waals surface area (Å²) in [6.07, 6.45) is 2.34. The Bertz CT molecular complexity index is 506. The van der Waals surface area contributed by atoms with Crippen molar-refractivity contribution >= 4 is 28.5 Å². The molecule has 5 heteroatoms. The zero-order valence-corrected chi connectivity index (χ0v) is 12.0. The molecule has 1 fully saturated rings. The van der Waals surface area contributed by atoms with Crippen molar-refractivity contribution in [3.05, 3.63) is 31.2 Å². The lowest BCUT2D eigenvalue weighted by Gasteiger charge is -2.12. The Balaban J connectivity index is 2.18. The fourth-order valence-electron chi connectivity index (χ4n) is 1.77. The minimum absolute atomic E-state index is 0.154. The number of hydrogen-bond donors (Lipinski definition) is 2. The highest BCUT2D eigenvalue weighted by Gasteiger charge is 2.29. The van der Waals surface area contributed by atoms with Gasteiger partial charge in [-0.3, -0.25) is 9.59 Å². The molecule has 17 heavy (non-hydrogen) atoms. The number of carbonyl (C=O) groups is 1. The molecule has 1 heterocycles. The van der Waals surface area contributed by atoms with Crippen LogP contribution >= 0.6 is 22.6 Å². The van der Waals surface area contributed by atoms with Crippen molar-refractivity contribution in [1.29, 1.82) is 0 Å². The summed E-state index contributed by atoms with van der Waals surface area (Å²) >= 11 is 2.11. The van der Waals surface area contributed by atoms with E-state index in [0.29, 0.717) is 5.92 Å². The van der Waals surface area contributed by atoms with E-state index in [1.165, 1.54) is 12.8 Å². The number of aryl methyl sites for hydroxylation is 1. The predicted molar refractivity (Wildman–Crippen MR) is 74.2 cm³/mol. The molecule has 1 aromatic heterocycles. The number of pyridine rings is 1. The van der Waals surface area contributed by atoms with Crippen molar-refractivity contribution in [3.63, 3.8) is 0 Å². The van der Waals surface area contributed by atoms with Gasteiger partial charge in [-0.25, -0.2) is 0 Å². The first-order valence-corrected chi connectivity index (χ1v) is 6.77. The molecule has 1 aliphatic carbocycles. The molecule has 1 saturated carbocycles. The number of rotatable bonds is 3. The van der Waals surface area contributed by atoms with Gasteiger partial charge in [0.1, 0.15) is 5.56 Å². The average Bonchev–Trinajstić information content (AvgIpc) is 3.06. The molecule has 2 N–H and O–H groups in total. The largest absolute Gasteiger partial charge is 0.349 e. The maximum Gasteiger partial charge on any atom is 0.261 e. The van der Waals surface area contributed by atoms with Gasteiger partial charge in [0.15, 0.2) is 0 Å². The third-order valence-electron chi connectivity index (χ3n) is 3.11. The van der Waals surface area contributed by atoms with Crippen molar-refractivity contribution in [3.8, 4) is 0 Å². The lowest BCUT2D eigenvalue weighted by molar-refractivity contribution is 0.0934. The first kappa shape index (κ1) is 12.6. The van der Waals surface area contributed by atoms with Crippen LogP contribution in [0.1, 0.15) is 35.8 Å². The average molecular weight is 346 g/mol. The van der Waals surface area contributed by atoms with Crippen molar-refractivity contribution in [2.24, 2.45) is 5.92 Å². The Hall–Kier alpha value is -0.850. The van der Waals surface area contributed by atoms with E-state index in [0.717, 1.165) is 9.26 Å². The Labute approximate surface area is 113 Å². The summed E-state index contributed by atoms with van der Waals surface area (Å²) in [7, 11) is 0. The second-order valence-electron chi connectivity index (χ2n) is 4.58. The zero-order chi connectivity index (χ0) is 12.6. The molecule has 92 valence electrons. The highest BCUT2D eigenvalue weighted by molar-refractivity contribution is 14.1. The molecule has 1 amide bonds. The summed E-state index contributed by atoms with van der Waals surface area (Å²) in [5.41, 5.74) is 0.679. The Morgan fingerprint density at radius 3 is 2.82 bits per heavy atom. The van der Waals surface area contributed by atoms with Crippen LogP contribution in [-0.2, 0) is 0 Å². The van der Waals surface area contributed by atoms with Crippen LogP contribution in [0.5, 0.6) is 0 Å². The first-order chi connectivity index (χ1) is 7.99. The molecular formula is C12H15IN2O2. The van der Waals surface area contributed by atoms with Gasteiger partial charge in [0.05, 0.1) is 0 Å². The van der Waals surface area contributed by atoms with Crippen LogP contribution in [0.3, 0.4) is 0 Å². The van der Waals surface area contributed by atoms with Crippen molar-refractivity contribution < 1.29 is 4.79 Å². The SMILES string of the molecule is Cc1[nH]c(=O)c(C(=O)N[C@@H](C)C2CC2)cc1I. The molecule has 1 aromatic rings. The van der Waals surface area contributed by atoms with Gasteiger partial charge in [0, 0.05) is 15.3 Å². The van der Waals surface area contributed by atoms with E-state index < -0.39 is 0 Å². The summed E-state index contributed by atoms with van der Waals surface area (Å²) in [5, 5.41) is 2.88. The number of nitrogens with one attached hydrogen (secondary N) is 2. The van der Waals surface area contributed by atoms with Crippen LogP contribution in [0.4, 0.5) is 0 Å². The third kappa shape index (κ3) is 2.88. The number of carbonyl (C=O) groups excluding carboxylic acids is 1. The minimum Gasteiger partial charge on any atom is -0.349 e. The van der Waals surface area contributed by atoms with Crippen LogP contribution in [0.15, 0.2) is 10.9 Å². The van der Waals surface area contributed by atoms with E-state index in [2.05, 4.69) is 32.9 Å². The number of H-pyrrole nitrogens is 1. The van der Waals surface area contributed by atoms with Gasteiger partial charge < -0.3 is 10.3 Å². The van der Waals surface area contributed by atoms with Gasteiger partial charge in [0.2, 0.25) is 0 Å². The first-order valence-electron chi connectivity index (χ1n) is 5.69. The second kappa shape index (κ2) is 4.80. The summed E-state index contributed by atoms with van der Waals surface area (Å²) in [6, 6.07) is 1.80. The number of halogens is 1. The summed E-state index contributed by atoms with van der Waals surface area (Å²) in [5.74, 6) is 0.311. The summed E-state index contributed by atoms with van der Waals surface area (Å²) < 4.78 is 0.895. The number of amides is 1. The van der Waals surface area contributed by atoms with E-state index in [1.807, 2.05) is 13.8 Å². The zero-order valence-electron chi connectivity index (χ0n) is 9.84. The number of hydrogen-bond acceptors (Lipinski definition) is 2. The fourth-order valence-corrected chi connectivity index (χ4v) is 2.21. The Kier molecular flexibility index (Phi) is 3.56. The molecule has 0 radical (unpaired) electrons. The van der Waals surface area contributed by atoms with Crippen molar-refractivity contribution in [1.82, 2.24) is 10.3 Å². The minimum atomic E-state index is -0.316. The summed E-state index contributed by atoms with van der Waals surface area (Å²) in [4.78, 5) is 26.3. The third-order valence-corrected chi connectivity index (χ3v) is 4.23. The van der Waals surface area contributed by atoms with E-state index >= 15 is 0 Å². The number of aromatic amines is 1. The van der Waals surface area contributed by atoms with Crippen LogP contribution in [0.2, 0.25) is 0 Å². The fraction of sp³-hybridized carbons (Fsp3) is 0.500. The Morgan fingerprint density at radius 2 is 2.24 bits per heavy atom. The quantitative estimate of drug-likeness (QED) is 0.821. The second-order valence-corrected chi connectivity index (χ2v) is 5.75. The molecule has 0 bridgehead atoms. The van der Waals surface area contributed by atoms with Crippen molar-refractivity contribution in [2.45, 2.75) is 32.7 Å². The van der Waals surface area contributed by atoms with Crippen LogP contribution in [0, 0.1) is 16.4 Å². The Morgan fingerprint density at radius 1 is 1.59 bits per heavy atom. The molecule has 4 nitrogen and oxygen atoms in total. The standard InChI is InChI=1S/C12H15IN2O2/c1-6(8-3-4-8)14-11(16)9-5-10(13)7(2)15-12(9)17/h5-6,8H,3-4H2,1-2H3,(H,14,16)(H,15,17)/t6-/m0/s1. The highest BCUT2D eigenvalue weighted by Crippen LogP contribution is 2.32. The van der Waals surface area contributed by atoms with E-state index in [4.69, 9.17) is 0 Å². The molecule has 0 spiro atoms. The molecule has 1 atom stereocenters. The smallest absolute Gasteiger partial charge is 0.261 e. The number of aromatic nitrogens is 1. The van der Waals surface area contributed by atoms with Crippen LogP contribution in [-0.4, -0.2) is 16.9 Å². The van der Waals surface area contributed by atoms with Gasteiger partial charge in [-0.2, -0.15) is 0 Å².